The van der Waals surface area contributed by atoms with E-state index in [9.17, 15) is 9.59 Å². The molecule has 1 aliphatic heterocycles. The largest absolute Gasteiger partial charge is 0.495 e. The van der Waals surface area contributed by atoms with Gasteiger partial charge in [-0.1, -0.05) is 52.0 Å². The highest BCUT2D eigenvalue weighted by Crippen LogP contribution is 2.37. The molecule has 0 unspecified atom stereocenters. The molecule has 1 saturated heterocycles. The Morgan fingerprint density at radius 3 is 2.40 bits per heavy atom. The summed E-state index contributed by atoms with van der Waals surface area (Å²) in [6.45, 7) is 10.7. The zero-order valence-corrected chi connectivity index (χ0v) is 21.4. The average molecular weight is 477 g/mol. The predicted molar refractivity (Wildman–Crippen MR) is 139 cm³/mol. The molecule has 35 heavy (non-hydrogen) atoms. The molecular weight excluding hydrogens is 440 g/mol. The SMILES string of the molecule is COc1ccccc1N1C[C@H](c2nc3ccccc3n2CC(=O)N(CC(C)C)CC(C)C)CC1=O. The van der Waals surface area contributed by atoms with Crippen molar-refractivity contribution in [1.82, 2.24) is 14.5 Å². The van der Waals surface area contributed by atoms with Crippen LogP contribution in [-0.4, -0.2) is 53.0 Å². The zero-order valence-electron chi connectivity index (χ0n) is 21.4. The van der Waals surface area contributed by atoms with E-state index >= 15 is 0 Å². The first-order valence-corrected chi connectivity index (χ1v) is 12.4. The number of rotatable bonds is 9. The van der Waals surface area contributed by atoms with E-state index < -0.39 is 0 Å². The highest BCUT2D eigenvalue weighted by molar-refractivity contribution is 5.98. The number of methoxy groups -OCH3 is 1. The molecule has 0 aliphatic carbocycles. The quantitative estimate of drug-likeness (QED) is 0.449. The number of fused-ring (bicyclic) bond motifs is 1. The zero-order chi connectivity index (χ0) is 25.1. The van der Waals surface area contributed by atoms with E-state index in [1.165, 1.54) is 0 Å². The van der Waals surface area contributed by atoms with Crippen molar-refractivity contribution in [3.8, 4) is 5.75 Å². The van der Waals surface area contributed by atoms with Gasteiger partial charge in [0.1, 0.15) is 18.1 Å². The Morgan fingerprint density at radius 1 is 1.06 bits per heavy atom. The third-order valence-electron chi connectivity index (χ3n) is 6.37. The number of anilines is 1. The van der Waals surface area contributed by atoms with Crippen molar-refractivity contribution in [3.05, 3.63) is 54.4 Å². The normalized spacial score (nSPS) is 16.0. The van der Waals surface area contributed by atoms with Gasteiger partial charge in [-0.3, -0.25) is 9.59 Å². The minimum atomic E-state index is -0.115. The van der Waals surface area contributed by atoms with Crippen LogP contribution in [-0.2, 0) is 16.1 Å². The maximum Gasteiger partial charge on any atom is 0.242 e. The van der Waals surface area contributed by atoms with Gasteiger partial charge in [0, 0.05) is 32.0 Å². The summed E-state index contributed by atoms with van der Waals surface area (Å²) in [4.78, 5) is 35.3. The van der Waals surface area contributed by atoms with Gasteiger partial charge in [-0.25, -0.2) is 4.98 Å². The summed E-state index contributed by atoms with van der Waals surface area (Å²) >= 11 is 0. The first-order chi connectivity index (χ1) is 16.8. The highest BCUT2D eigenvalue weighted by atomic mass is 16.5. The lowest BCUT2D eigenvalue weighted by Gasteiger charge is -2.27. The molecule has 7 heteroatoms. The summed E-state index contributed by atoms with van der Waals surface area (Å²) < 4.78 is 7.52. The average Bonchev–Trinajstić information content (AvgIpc) is 3.38. The van der Waals surface area contributed by atoms with Gasteiger partial charge in [-0.15, -0.1) is 0 Å². The molecule has 2 heterocycles. The van der Waals surface area contributed by atoms with Crippen molar-refractivity contribution in [2.45, 2.75) is 46.6 Å². The molecule has 4 rings (SSSR count). The van der Waals surface area contributed by atoms with Crippen molar-refractivity contribution in [2.75, 3.05) is 31.6 Å². The van der Waals surface area contributed by atoms with Crippen molar-refractivity contribution < 1.29 is 14.3 Å². The second-order valence-electron chi connectivity index (χ2n) is 10.2. The minimum absolute atomic E-state index is 0.0330. The molecule has 1 fully saturated rings. The number of para-hydroxylation sites is 4. The number of imidazole rings is 1. The Labute approximate surface area is 207 Å². The second kappa shape index (κ2) is 10.5. The molecule has 2 aromatic carbocycles. The summed E-state index contributed by atoms with van der Waals surface area (Å²) in [6, 6.07) is 15.5. The number of carbonyl (C=O) groups excluding carboxylic acids is 2. The van der Waals surface area contributed by atoms with Crippen molar-refractivity contribution in [3.63, 3.8) is 0 Å². The number of hydrogen-bond acceptors (Lipinski definition) is 4. The number of benzene rings is 2. The van der Waals surface area contributed by atoms with E-state index in [0.29, 0.717) is 30.6 Å². The first-order valence-electron chi connectivity index (χ1n) is 12.4. The third-order valence-corrected chi connectivity index (χ3v) is 6.37. The van der Waals surface area contributed by atoms with Crippen molar-refractivity contribution >= 4 is 28.5 Å². The number of nitrogens with zero attached hydrogens (tertiary/aromatic N) is 4. The van der Waals surface area contributed by atoms with Gasteiger partial charge in [0.2, 0.25) is 11.8 Å². The van der Waals surface area contributed by atoms with Crippen molar-refractivity contribution in [2.24, 2.45) is 11.8 Å². The highest BCUT2D eigenvalue weighted by Gasteiger charge is 2.36. The molecular formula is C28H36N4O3. The maximum absolute atomic E-state index is 13.5. The van der Waals surface area contributed by atoms with Crippen LogP contribution in [0.1, 0.15) is 45.9 Å². The van der Waals surface area contributed by atoms with Crippen LogP contribution in [0.4, 0.5) is 5.69 Å². The summed E-state index contributed by atoms with van der Waals surface area (Å²) in [5.74, 6) is 2.24. The smallest absolute Gasteiger partial charge is 0.242 e. The van der Waals surface area contributed by atoms with Gasteiger partial charge >= 0.3 is 0 Å². The monoisotopic (exact) mass is 476 g/mol. The molecule has 1 atom stereocenters. The van der Waals surface area contributed by atoms with Crippen molar-refractivity contribution in [1.29, 1.82) is 0 Å². The molecule has 7 nitrogen and oxygen atoms in total. The van der Waals surface area contributed by atoms with Gasteiger partial charge in [0.05, 0.1) is 23.8 Å². The first kappa shape index (κ1) is 24.8. The van der Waals surface area contributed by atoms with E-state index in [-0.39, 0.29) is 24.3 Å². The summed E-state index contributed by atoms with van der Waals surface area (Å²) in [6.07, 6.45) is 0.345. The van der Waals surface area contributed by atoms with Crippen LogP contribution in [0.25, 0.3) is 11.0 Å². The van der Waals surface area contributed by atoms with Crippen LogP contribution in [0, 0.1) is 11.8 Å². The van der Waals surface area contributed by atoms with Crippen LogP contribution in [0.5, 0.6) is 5.75 Å². The number of ether oxygens (including phenoxy) is 1. The van der Waals surface area contributed by atoms with Gasteiger partial charge in [-0.05, 0) is 36.1 Å². The van der Waals surface area contributed by atoms with Gasteiger partial charge < -0.3 is 19.1 Å². The molecule has 3 aromatic rings. The fraction of sp³-hybridized carbons (Fsp3) is 0.464. The Bertz CT molecular complexity index is 1190. The fourth-order valence-electron chi connectivity index (χ4n) is 4.93. The van der Waals surface area contributed by atoms with E-state index in [1.54, 1.807) is 12.0 Å². The van der Waals surface area contributed by atoms with Crippen LogP contribution in [0.2, 0.25) is 0 Å². The Morgan fingerprint density at radius 2 is 1.71 bits per heavy atom. The van der Waals surface area contributed by atoms with Crippen LogP contribution < -0.4 is 9.64 Å². The van der Waals surface area contributed by atoms with E-state index in [2.05, 4.69) is 27.7 Å². The molecule has 0 bridgehead atoms. The molecule has 1 aromatic heterocycles. The molecule has 0 saturated carbocycles. The Hall–Kier alpha value is -3.35. The van der Waals surface area contributed by atoms with Crippen LogP contribution in [0.15, 0.2) is 48.5 Å². The fourth-order valence-corrected chi connectivity index (χ4v) is 4.93. The standard InChI is InChI=1S/C28H36N4O3/c1-19(2)15-30(16-20(3)4)27(34)18-32-23-11-7-6-10-22(23)29-28(32)21-14-26(33)31(17-21)24-12-8-9-13-25(24)35-5/h6-13,19-21H,14-18H2,1-5H3/t21-/m1/s1. The van der Waals surface area contributed by atoms with Gasteiger partial charge in [0.15, 0.2) is 0 Å². The number of amides is 2. The lowest BCUT2D eigenvalue weighted by molar-refractivity contribution is -0.132. The number of carbonyl (C=O) groups is 2. The predicted octanol–water partition coefficient (Wildman–Crippen LogP) is 4.71. The lowest BCUT2D eigenvalue weighted by Crippen LogP contribution is -2.39. The van der Waals surface area contributed by atoms with E-state index in [4.69, 9.17) is 9.72 Å². The molecule has 2 amide bonds. The summed E-state index contributed by atoms with van der Waals surface area (Å²) in [7, 11) is 1.61. The molecule has 186 valence electrons. The molecule has 0 N–H and O–H groups in total. The Kier molecular flexibility index (Phi) is 7.43. The van der Waals surface area contributed by atoms with Crippen LogP contribution in [0.3, 0.4) is 0 Å². The van der Waals surface area contributed by atoms with Gasteiger partial charge in [-0.2, -0.15) is 0 Å². The van der Waals surface area contributed by atoms with E-state index in [1.807, 2.05) is 58.0 Å². The lowest BCUT2D eigenvalue weighted by atomic mass is 10.1. The summed E-state index contributed by atoms with van der Waals surface area (Å²) in [5, 5.41) is 0. The third kappa shape index (κ3) is 5.34. The molecule has 0 spiro atoms. The van der Waals surface area contributed by atoms with E-state index in [0.717, 1.165) is 35.6 Å². The number of hydrogen-bond donors (Lipinski definition) is 0. The minimum Gasteiger partial charge on any atom is -0.495 e. The summed E-state index contributed by atoms with van der Waals surface area (Å²) in [5.41, 5.74) is 2.53. The second-order valence-corrected chi connectivity index (χ2v) is 10.2. The molecule has 0 radical (unpaired) electrons. The molecule has 1 aliphatic rings. The maximum atomic E-state index is 13.5. The topological polar surface area (TPSA) is 67.7 Å². The number of aromatic nitrogens is 2. The van der Waals surface area contributed by atoms with Crippen LogP contribution >= 0.6 is 0 Å². The van der Waals surface area contributed by atoms with Gasteiger partial charge in [0.25, 0.3) is 0 Å². The Balaban J connectivity index is 1.66.